The Bertz CT molecular complexity index is 1700. The quantitative estimate of drug-likeness (QED) is 0.266. The maximum absolute atomic E-state index is 13.7. The number of thiazole rings is 1. The number of amides is 2. The third kappa shape index (κ3) is 5.98. The lowest BCUT2D eigenvalue weighted by Crippen LogP contribution is -2.45. The molecule has 0 atom stereocenters. The molecule has 1 saturated carbocycles. The van der Waals surface area contributed by atoms with Crippen LogP contribution in [0, 0.1) is 5.92 Å². The number of aromatic nitrogens is 4. The van der Waals surface area contributed by atoms with Gasteiger partial charge in [-0.3, -0.25) is 14.6 Å². The van der Waals surface area contributed by atoms with Crippen molar-refractivity contribution in [3.05, 3.63) is 59.5 Å². The number of methoxy groups -OCH3 is 1. The van der Waals surface area contributed by atoms with E-state index in [1.54, 1.807) is 13.3 Å². The Morgan fingerprint density at radius 2 is 1.91 bits per heavy atom. The number of carbonyl (C=O) groups excluding carboxylic acids is 2. The molecular formula is C34H39N7O3S. The molecule has 2 amide bonds. The molecule has 4 aromatic rings. The van der Waals surface area contributed by atoms with E-state index in [4.69, 9.17) is 14.8 Å². The van der Waals surface area contributed by atoms with Crippen molar-refractivity contribution in [3.63, 3.8) is 0 Å². The van der Waals surface area contributed by atoms with E-state index in [0.29, 0.717) is 22.5 Å². The summed E-state index contributed by atoms with van der Waals surface area (Å²) in [5.41, 5.74) is 6.12. The molecule has 234 valence electrons. The molecule has 0 radical (unpaired) electrons. The molecule has 7 rings (SSSR count). The number of benzene rings is 1. The van der Waals surface area contributed by atoms with Gasteiger partial charge in [-0.15, -0.1) is 0 Å². The fraction of sp³-hybridized carbons (Fsp3) is 0.441. The molecule has 45 heavy (non-hydrogen) atoms. The summed E-state index contributed by atoms with van der Waals surface area (Å²) < 4.78 is 7.74. The Hall–Kier alpha value is -4.09. The van der Waals surface area contributed by atoms with Crippen LogP contribution in [-0.2, 0) is 17.6 Å². The summed E-state index contributed by atoms with van der Waals surface area (Å²) in [5, 5.41) is 12.3. The number of ether oxygens (including phenoxy) is 1. The van der Waals surface area contributed by atoms with Crippen molar-refractivity contribution in [2.75, 3.05) is 32.1 Å². The highest BCUT2D eigenvalue weighted by Gasteiger charge is 2.31. The molecule has 2 fully saturated rings. The van der Waals surface area contributed by atoms with Gasteiger partial charge in [0.2, 0.25) is 5.91 Å². The second-order valence-electron chi connectivity index (χ2n) is 12.3. The highest BCUT2D eigenvalue weighted by atomic mass is 32.1. The Balaban J connectivity index is 1.17. The van der Waals surface area contributed by atoms with Crippen molar-refractivity contribution in [1.82, 2.24) is 30.0 Å². The lowest BCUT2D eigenvalue weighted by Gasteiger charge is -2.33. The monoisotopic (exact) mass is 625 g/mol. The maximum Gasteiger partial charge on any atom is 0.257 e. The average Bonchev–Trinajstić information content (AvgIpc) is 3.82. The third-order valence-electron chi connectivity index (χ3n) is 9.34. The molecule has 11 heteroatoms. The van der Waals surface area contributed by atoms with Crippen LogP contribution in [0.15, 0.2) is 42.7 Å². The largest absolute Gasteiger partial charge is 0.496 e. The van der Waals surface area contributed by atoms with Gasteiger partial charge in [-0.25, -0.2) is 9.67 Å². The van der Waals surface area contributed by atoms with Gasteiger partial charge < -0.3 is 20.3 Å². The lowest BCUT2D eigenvalue weighted by atomic mass is 9.95. The van der Waals surface area contributed by atoms with Crippen LogP contribution < -0.4 is 15.4 Å². The number of nitrogens with zero attached hydrogens (tertiary/aromatic N) is 5. The second-order valence-corrected chi connectivity index (χ2v) is 13.3. The molecule has 10 nitrogen and oxygen atoms in total. The molecule has 3 aromatic heterocycles. The highest BCUT2D eigenvalue weighted by molar-refractivity contribution is 7.19. The van der Waals surface area contributed by atoms with Crippen molar-refractivity contribution in [1.29, 1.82) is 0 Å². The van der Waals surface area contributed by atoms with Gasteiger partial charge in [-0.2, -0.15) is 5.10 Å². The Morgan fingerprint density at radius 1 is 1.09 bits per heavy atom. The maximum atomic E-state index is 13.7. The standard InChI is InChI=1S/C34H39N7O3S/c1-21(42)37-34-38-28-12-11-27-30(23-8-5-15-35-20-23)39-41(31(27)32(28)45-34)25-9-10-26(29(18-25)44-2)33(43)40-16-13-24(14-17-40)36-19-22-6-3-4-7-22/h5,8-10,15,18,20,22,24,36H,3-4,6-7,11-14,16-17,19H2,1-2H3,(H,37,38,42). The van der Waals surface area contributed by atoms with E-state index >= 15 is 0 Å². The zero-order chi connectivity index (χ0) is 30.9. The summed E-state index contributed by atoms with van der Waals surface area (Å²) in [6.45, 7) is 4.06. The van der Waals surface area contributed by atoms with Gasteiger partial charge in [0, 0.05) is 55.6 Å². The minimum absolute atomic E-state index is 0.00382. The summed E-state index contributed by atoms with van der Waals surface area (Å²) in [6, 6.07) is 10.1. The number of nitrogens with one attached hydrogen (secondary N) is 2. The van der Waals surface area contributed by atoms with E-state index in [2.05, 4.69) is 15.6 Å². The van der Waals surface area contributed by atoms with E-state index in [1.165, 1.54) is 43.9 Å². The topological polar surface area (TPSA) is 114 Å². The SMILES string of the molecule is COc1cc(-n2nc(-c3cccnc3)c3c2-c2sc(NC(C)=O)nc2CC3)ccc1C(=O)N1CCC(NCC2CCCC2)CC1. The molecule has 1 aromatic carbocycles. The number of rotatable bonds is 8. The van der Waals surface area contributed by atoms with Gasteiger partial charge >= 0.3 is 0 Å². The van der Waals surface area contributed by atoms with Crippen LogP contribution in [0.3, 0.4) is 0 Å². The van der Waals surface area contributed by atoms with Gasteiger partial charge in [0.15, 0.2) is 5.13 Å². The van der Waals surface area contributed by atoms with E-state index < -0.39 is 0 Å². The van der Waals surface area contributed by atoms with Crippen LogP contribution in [0.4, 0.5) is 5.13 Å². The Morgan fingerprint density at radius 3 is 2.64 bits per heavy atom. The number of hydrogen-bond donors (Lipinski definition) is 2. The minimum atomic E-state index is -0.152. The molecule has 4 heterocycles. The number of piperidine rings is 1. The lowest BCUT2D eigenvalue weighted by molar-refractivity contribution is -0.114. The molecule has 1 saturated heterocycles. The summed E-state index contributed by atoms with van der Waals surface area (Å²) in [7, 11) is 1.61. The smallest absolute Gasteiger partial charge is 0.257 e. The van der Waals surface area contributed by atoms with Gasteiger partial charge in [0.25, 0.3) is 5.91 Å². The van der Waals surface area contributed by atoms with Crippen LogP contribution in [0.2, 0.25) is 0 Å². The molecule has 0 bridgehead atoms. The number of aryl methyl sites for hydroxylation is 1. The first-order chi connectivity index (χ1) is 22.0. The summed E-state index contributed by atoms with van der Waals surface area (Å²) >= 11 is 1.45. The van der Waals surface area contributed by atoms with Crippen LogP contribution in [-0.4, -0.2) is 69.2 Å². The molecule has 1 aliphatic heterocycles. The number of hydrogen-bond acceptors (Lipinski definition) is 8. The molecule has 0 spiro atoms. The van der Waals surface area contributed by atoms with E-state index in [1.807, 2.05) is 46.1 Å². The van der Waals surface area contributed by atoms with Crippen molar-refractivity contribution in [2.24, 2.45) is 5.92 Å². The highest BCUT2D eigenvalue weighted by Crippen LogP contribution is 2.44. The first-order valence-electron chi connectivity index (χ1n) is 16.0. The molecule has 0 unspecified atom stereocenters. The van der Waals surface area contributed by atoms with Crippen molar-refractivity contribution >= 4 is 28.3 Å². The van der Waals surface area contributed by atoms with Crippen LogP contribution in [0.1, 0.15) is 67.1 Å². The van der Waals surface area contributed by atoms with E-state index in [-0.39, 0.29) is 11.8 Å². The van der Waals surface area contributed by atoms with E-state index in [9.17, 15) is 9.59 Å². The number of anilines is 1. The fourth-order valence-electron chi connectivity index (χ4n) is 6.99. The van der Waals surface area contributed by atoms with Crippen molar-refractivity contribution in [2.45, 2.75) is 64.3 Å². The molecule has 2 aliphatic carbocycles. The van der Waals surface area contributed by atoms with Crippen molar-refractivity contribution in [3.8, 4) is 33.3 Å². The normalized spacial score (nSPS) is 16.8. The van der Waals surface area contributed by atoms with Crippen LogP contribution in [0.25, 0.3) is 27.5 Å². The first kappa shape index (κ1) is 29.6. The Kier molecular flexibility index (Phi) is 8.37. The van der Waals surface area contributed by atoms with Crippen molar-refractivity contribution < 1.29 is 14.3 Å². The summed E-state index contributed by atoms with van der Waals surface area (Å²) in [5.74, 6) is 1.18. The number of likely N-dealkylation sites (tertiary alicyclic amines) is 1. The fourth-order valence-corrected chi connectivity index (χ4v) is 8.10. The van der Waals surface area contributed by atoms with Crippen LogP contribution in [0.5, 0.6) is 5.75 Å². The third-order valence-corrected chi connectivity index (χ3v) is 10.4. The van der Waals surface area contributed by atoms with Gasteiger partial charge in [0.1, 0.15) is 5.75 Å². The van der Waals surface area contributed by atoms with Crippen LogP contribution >= 0.6 is 11.3 Å². The number of carbonyl (C=O) groups is 2. The number of fused-ring (bicyclic) bond motifs is 3. The van der Waals surface area contributed by atoms with E-state index in [0.717, 1.165) is 90.0 Å². The van der Waals surface area contributed by atoms with Gasteiger partial charge in [0.05, 0.1) is 40.3 Å². The summed E-state index contributed by atoms with van der Waals surface area (Å²) in [6.07, 6.45) is 12.4. The number of pyridine rings is 1. The Labute approximate surface area is 267 Å². The van der Waals surface area contributed by atoms with Gasteiger partial charge in [-0.05, 0) is 75.3 Å². The minimum Gasteiger partial charge on any atom is -0.496 e. The average molecular weight is 626 g/mol. The zero-order valence-corrected chi connectivity index (χ0v) is 26.7. The second kappa shape index (κ2) is 12.7. The van der Waals surface area contributed by atoms with Gasteiger partial charge in [-0.1, -0.05) is 24.2 Å². The molecule has 3 aliphatic rings. The zero-order valence-electron chi connectivity index (χ0n) is 25.8. The molecule has 2 N–H and O–H groups in total. The first-order valence-corrected chi connectivity index (χ1v) is 16.8. The molecular weight excluding hydrogens is 586 g/mol. The predicted octanol–water partition coefficient (Wildman–Crippen LogP) is 5.51. The summed E-state index contributed by atoms with van der Waals surface area (Å²) in [4.78, 5) is 37.5. The predicted molar refractivity (Wildman–Crippen MR) is 175 cm³/mol.